The number of nitrogens with zero attached hydrogens (tertiary/aromatic N) is 4. The van der Waals surface area contributed by atoms with Crippen molar-refractivity contribution in [2.45, 2.75) is 19.8 Å². The van der Waals surface area contributed by atoms with E-state index >= 15 is 0 Å². The lowest BCUT2D eigenvalue weighted by Crippen LogP contribution is -1.99. The van der Waals surface area contributed by atoms with Crippen molar-refractivity contribution in [3.63, 3.8) is 0 Å². The molecule has 3 aromatic rings. The molecule has 0 aliphatic heterocycles. The van der Waals surface area contributed by atoms with Crippen LogP contribution in [0.25, 0.3) is 16.9 Å². The van der Waals surface area contributed by atoms with Crippen molar-refractivity contribution in [1.82, 2.24) is 19.7 Å². The van der Waals surface area contributed by atoms with E-state index in [1.807, 2.05) is 41.2 Å². The zero-order chi connectivity index (χ0) is 12.5. The summed E-state index contributed by atoms with van der Waals surface area (Å²) in [5.74, 6) is 0.377. The zero-order valence-electron chi connectivity index (χ0n) is 10.4. The average molecular weight is 238 g/mol. The summed E-state index contributed by atoms with van der Waals surface area (Å²) >= 11 is 0. The molecule has 2 aromatic heterocycles. The number of para-hydroxylation sites is 1. The van der Waals surface area contributed by atoms with Gasteiger partial charge in [-0.1, -0.05) is 32.0 Å². The van der Waals surface area contributed by atoms with Gasteiger partial charge in [-0.3, -0.25) is 0 Å². The van der Waals surface area contributed by atoms with E-state index in [-0.39, 0.29) is 0 Å². The second kappa shape index (κ2) is 4.22. The number of hydrogen-bond acceptors (Lipinski definition) is 3. The minimum atomic E-state index is 0.377. The Bertz CT molecular complexity index is 671. The minimum Gasteiger partial charge on any atom is -0.246 e. The van der Waals surface area contributed by atoms with Crippen LogP contribution in [0.15, 0.2) is 42.7 Å². The number of rotatable bonds is 2. The highest BCUT2D eigenvalue weighted by Crippen LogP contribution is 2.17. The van der Waals surface area contributed by atoms with E-state index in [9.17, 15) is 0 Å². The third kappa shape index (κ3) is 1.76. The molecular formula is C14H14N4. The normalized spacial score (nSPS) is 11.3. The van der Waals surface area contributed by atoms with Crippen molar-refractivity contribution in [3.8, 4) is 5.69 Å². The number of aromatic nitrogens is 4. The van der Waals surface area contributed by atoms with Crippen molar-refractivity contribution in [1.29, 1.82) is 0 Å². The maximum Gasteiger partial charge on any atom is 0.181 e. The standard InChI is InChI=1S/C14H14N4/c1-10(2)12-8-15-14-13(17-12)9-16-18(14)11-6-4-3-5-7-11/h3-10H,1-2H3. The molecule has 0 amide bonds. The summed E-state index contributed by atoms with van der Waals surface area (Å²) in [5.41, 5.74) is 3.63. The van der Waals surface area contributed by atoms with Gasteiger partial charge in [0.2, 0.25) is 0 Å². The predicted octanol–water partition coefficient (Wildman–Crippen LogP) is 2.94. The van der Waals surface area contributed by atoms with Crippen LogP contribution >= 0.6 is 0 Å². The molecule has 4 heteroatoms. The average Bonchev–Trinajstić information content (AvgIpc) is 2.82. The summed E-state index contributed by atoms with van der Waals surface area (Å²) < 4.78 is 1.81. The van der Waals surface area contributed by atoms with Crippen molar-refractivity contribution in [2.75, 3.05) is 0 Å². The molecule has 4 nitrogen and oxygen atoms in total. The Morgan fingerprint density at radius 3 is 2.56 bits per heavy atom. The van der Waals surface area contributed by atoms with Crippen LogP contribution in [0.2, 0.25) is 0 Å². The van der Waals surface area contributed by atoms with Gasteiger partial charge < -0.3 is 0 Å². The van der Waals surface area contributed by atoms with Gasteiger partial charge in [-0.15, -0.1) is 0 Å². The largest absolute Gasteiger partial charge is 0.246 e. The van der Waals surface area contributed by atoms with Crippen LogP contribution in [0.4, 0.5) is 0 Å². The van der Waals surface area contributed by atoms with Gasteiger partial charge in [0.25, 0.3) is 0 Å². The predicted molar refractivity (Wildman–Crippen MR) is 70.7 cm³/mol. The molecule has 0 atom stereocenters. The van der Waals surface area contributed by atoms with Gasteiger partial charge in [-0.2, -0.15) is 5.10 Å². The van der Waals surface area contributed by atoms with Crippen LogP contribution in [0.3, 0.4) is 0 Å². The van der Waals surface area contributed by atoms with E-state index in [1.165, 1.54) is 0 Å². The lowest BCUT2D eigenvalue weighted by atomic mass is 10.1. The first-order valence-electron chi connectivity index (χ1n) is 6.02. The molecule has 0 radical (unpaired) electrons. The van der Waals surface area contributed by atoms with Gasteiger partial charge in [-0.05, 0) is 18.1 Å². The van der Waals surface area contributed by atoms with Crippen LogP contribution in [-0.2, 0) is 0 Å². The summed E-state index contributed by atoms with van der Waals surface area (Å²) in [4.78, 5) is 9.05. The smallest absolute Gasteiger partial charge is 0.181 e. The topological polar surface area (TPSA) is 43.6 Å². The minimum absolute atomic E-state index is 0.377. The quantitative estimate of drug-likeness (QED) is 0.689. The Kier molecular flexibility index (Phi) is 2.55. The summed E-state index contributed by atoms with van der Waals surface area (Å²) in [6.07, 6.45) is 3.59. The van der Waals surface area contributed by atoms with Crippen molar-refractivity contribution < 1.29 is 0 Å². The van der Waals surface area contributed by atoms with E-state index in [2.05, 4.69) is 28.9 Å². The Balaban J connectivity index is 2.16. The molecule has 0 aliphatic rings. The van der Waals surface area contributed by atoms with E-state index in [1.54, 1.807) is 6.20 Å². The number of benzene rings is 1. The van der Waals surface area contributed by atoms with Crippen molar-refractivity contribution in [3.05, 3.63) is 48.4 Å². The molecule has 0 saturated heterocycles. The molecule has 0 N–H and O–H groups in total. The van der Waals surface area contributed by atoms with Gasteiger partial charge in [0.05, 0.1) is 23.8 Å². The summed E-state index contributed by atoms with van der Waals surface area (Å²) in [7, 11) is 0. The first kappa shape index (κ1) is 10.9. The molecule has 0 fully saturated rings. The van der Waals surface area contributed by atoms with Crippen LogP contribution in [0, 0.1) is 0 Å². The molecule has 0 saturated carbocycles. The fourth-order valence-electron chi connectivity index (χ4n) is 1.86. The molecule has 0 unspecified atom stereocenters. The maximum absolute atomic E-state index is 4.58. The van der Waals surface area contributed by atoms with Gasteiger partial charge in [0.15, 0.2) is 5.65 Å². The highest BCUT2D eigenvalue weighted by Gasteiger charge is 2.09. The van der Waals surface area contributed by atoms with Gasteiger partial charge in [-0.25, -0.2) is 14.6 Å². The van der Waals surface area contributed by atoms with Crippen LogP contribution < -0.4 is 0 Å². The maximum atomic E-state index is 4.58. The molecule has 18 heavy (non-hydrogen) atoms. The van der Waals surface area contributed by atoms with E-state index < -0.39 is 0 Å². The second-order valence-corrected chi connectivity index (χ2v) is 4.55. The van der Waals surface area contributed by atoms with Crippen LogP contribution in [0.5, 0.6) is 0 Å². The monoisotopic (exact) mass is 238 g/mol. The lowest BCUT2D eigenvalue weighted by molar-refractivity contribution is 0.819. The third-order valence-corrected chi connectivity index (χ3v) is 2.89. The molecule has 0 bridgehead atoms. The van der Waals surface area contributed by atoms with Crippen molar-refractivity contribution >= 4 is 11.2 Å². The third-order valence-electron chi connectivity index (χ3n) is 2.89. The highest BCUT2D eigenvalue weighted by atomic mass is 15.3. The van der Waals surface area contributed by atoms with Gasteiger partial charge in [0, 0.05) is 0 Å². The molecule has 3 rings (SSSR count). The molecule has 2 heterocycles. The first-order valence-corrected chi connectivity index (χ1v) is 6.02. The Morgan fingerprint density at radius 1 is 1.06 bits per heavy atom. The Labute approximate surface area is 105 Å². The van der Waals surface area contributed by atoms with Gasteiger partial charge >= 0.3 is 0 Å². The summed E-state index contributed by atoms with van der Waals surface area (Å²) in [5, 5.41) is 4.36. The molecule has 0 aliphatic carbocycles. The van der Waals surface area contributed by atoms with Crippen LogP contribution in [0.1, 0.15) is 25.5 Å². The lowest BCUT2D eigenvalue weighted by Gasteiger charge is -2.04. The summed E-state index contributed by atoms with van der Waals surface area (Å²) in [6, 6.07) is 9.96. The fraction of sp³-hybridized carbons (Fsp3) is 0.214. The zero-order valence-corrected chi connectivity index (χ0v) is 10.4. The SMILES string of the molecule is CC(C)c1cnc2c(cnn2-c2ccccc2)n1. The molecular weight excluding hydrogens is 224 g/mol. The van der Waals surface area contributed by atoms with E-state index in [4.69, 9.17) is 0 Å². The molecule has 90 valence electrons. The Morgan fingerprint density at radius 2 is 1.83 bits per heavy atom. The highest BCUT2D eigenvalue weighted by molar-refractivity contribution is 5.71. The molecule has 0 spiro atoms. The second-order valence-electron chi connectivity index (χ2n) is 4.55. The molecule has 1 aromatic carbocycles. The summed E-state index contributed by atoms with van der Waals surface area (Å²) in [6.45, 7) is 4.22. The van der Waals surface area contributed by atoms with Gasteiger partial charge in [0.1, 0.15) is 5.52 Å². The Hall–Kier alpha value is -2.23. The number of fused-ring (bicyclic) bond motifs is 1. The van der Waals surface area contributed by atoms with Crippen LogP contribution in [-0.4, -0.2) is 19.7 Å². The van der Waals surface area contributed by atoms with E-state index in [0.29, 0.717) is 5.92 Å². The van der Waals surface area contributed by atoms with E-state index in [0.717, 1.165) is 22.5 Å². The fourth-order valence-corrected chi connectivity index (χ4v) is 1.86. The first-order chi connectivity index (χ1) is 8.75. The van der Waals surface area contributed by atoms with Crippen molar-refractivity contribution in [2.24, 2.45) is 0 Å². The number of hydrogen-bond donors (Lipinski definition) is 0.